The van der Waals surface area contributed by atoms with Gasteiger partial charge < -0.3 is 9.47 Å². The normalized spacial score (nSPS) is 16.6. The summed E-state index contributed by atoms with van der Waals surface area (Å²) >= 11 is 0. The smallest absolute Gasteiger partial charge is 0.410 e. The Labute approximate surface area is 180 Å². The number of nitrogens with zero attached hydrogens (tertiary/aromatic N) is 1. The molecule has 0 unspecified atom stereocenters. The van der Waals surface area contributed by atoms with E-state index in [2.05, 4.69) is 44.1 Å². The number of rotatable bonds is 4. The van der Waals surface area contributed by atoms with Gasteiger partial charge in [0.15, 0.2) is 0 Å². The molecule has 2 atom stereocenters. The fourth-order valence-electron chi connectivity index (χ4n) is 3.43. The Morgan fingerprint density at radius 1 is 1.10 bits per heavy atom. The maximum atomic E-state index is 13.3. The summed E-state index contributed by atoms with van der Waals surface area (Å²) in [5.74, 6) is 4.06. The number of amides is 1. The van der Waals surface area contributed by atoms with Gasteiger partial charge in [-0.3, -0.25) is 4.90 Å². The lowest BCUT2D eigenvalue weighted by Crippen LogP contribution is -2.43. The standard InChI is InChI=1S/C25H29NO3Si/c1-19(18-28-2)23-17-20(15-16-30(3,4)5)26(24-14-10-9-13-22(23)24)25(27)29-21-11-7-6-8-12-21/h6-14,17,19-20H,18H2,1-5H3/t19-,20+/m0/s1. The van der Waals surface area contributed by atoms with Gasteiger partial charge in [-0.1, -0.05) is 68.9 Å². The highest BCUT2D eigenvalue weighted by atomic mass is 28.3. The third-order valence-corrected chi connectivity index (χ3v) is 5.67. The molecule has 1 aliphatic heterocycles. The number of carbonyl (C=O) groups is 1. The largest absolute Gasteiger partial charge is 0.421 e. The fraction of sp³-hybridized carbons (Fsp3) is 0.320. The van der Waals surface area contributed by atoms with Crippen LogP contribution in [0.4, 0.5) is 10.5 Å². The molecule has 0 fully saturated rings. The summed E-state index contributed by atoms with van der Waals surface area (Å²) in [7, 11) is 0.0767. The van der Waals surface area contributed by atoms with Crippen molar-refractivity contribution in [3.63, 3.8) is 0 Å². The van der Waals surface area contributed by atoms with Crippen molar-refractivity contribution in [2.75, 3.05) is 18.6 Å². The number of hydrogen-bond donors (Lipinski definition) is 0. The van der Waals surface area contributed by atoms with E-state index < -0.39 is 20.2 Å². The Hall–Kier alpha value is -2.81. The van der Waals surface area contributed by atoms with Crippen molar-refractivity contribution >= 4 is 25.4 Å². The van der Waals surface area contributed by atoms with Gasteiger partial charge in [0, 0.05) is 18.6 Å². The van der Waals surface area contributed by atoms with E-state index in [4.69, 9.17) is 9.47 Å². The van der Waals surface area contributed by atoms with E-state index in [0.29, 0.717) is 12.4 Å². The van der Waals surface area contributed by atoms with Crippen LogP contribution in [0.2, 0.25) is 19.6 Å². The Kier molecular flexibility index (Phi) is 6.81. The fourth-order valence-corrected chi connectivity index (χ4v) is 4.01. The molecule has 0 radical (unpaired) electrons. The summed E-state index contributed by atoms with van der Waals surface area (Å²) in [6.45, 7) is 9.32. The van der Waals surface area contributed by atoms with E-state index in [0.717, 1.165) is 16.8 Å². The van der Waals surface area contributed by atoms with Crippen molar-refractivity contribution < 1.29 is 14.3 Å². The molecule has 4 nitrogen and oxygen atoms in total. The molecule has 1 heterocycles. The van der Waals surface area contributed by atoms with Crippen molar-refractivity contribution in [1.82, 2.24) is 0 Å². The van der Waals surface area contributed by atoms with Crippen LogP contribution >= 0.6 is 0 Å². The van der Waals surface area contributed by atoms with Crippen LogP contribution in [0.5, 0.6) is 5.75 Å². The second-order valence-electron chi connectivity index (χ2n) is 8.51. The topological polar surface area (TPSA) is 38.8 Å². The first-order chi connectivity index (χ1) is 14.3. The summed E-state index contributed by atoms with van der Waals surface area (Å²) in [5.41, 5.74) is 6.40. The Morgan fingerprint density at radius 3 is 2.43 bits per heavy atom. The van der Waals surface area contributed by atoms with Crippen LogP contribution in [0.15, 0.2) is 60.7 Å². The molecule has 1 aliphatic rings. The van der Waals surface area contributed by atoms with Crippen LogP contribution in [0.1, 0.15) is 12.5 Å². The van der Waals surface area contributed by atoms with E-state index in [9.17, 15) is 4.79 Å². The number of methoxy groups -OCH3 is 1. The van der Waals surface area contributed by atoms with Gasteiger partial charge in [-0.15, -0.1) is 5.54 Å². The van der Waals surface area contributed by atoms with Crippen LogP contribution < -0.4 is 9.64 Å². The average molecular weight is 420 g/mol. The summed E-state index contributed by atoms with van der Waals surface area (Å²) in [5, 5.41) is 0. The molecule has 1 amide bonds. The molecule has 2 aromatic carbocycles. The molecule has 0 bridgehead atoms. The lowest BCUT2D eigenvalue weighted by atomic mass is 9.88. The molecule has 2 aromatic rings. The third kappa shape index (κ3) is 5.21. The summed E-state index contributed by atoms with van der Waals surface area (Å²) in [6, 6.07) is 16.7. The minimum atomic E-state index is -1.63. The van der Waals surface area contributed by atoms with Gasteiger partial charge in [0.2, 0.25) is 0 Å². The highest BCUT2D eigenvalue weighted by Crippen LogP contribution is 2.38. The average Bonchev–Trinajstić information content (AvgIpc) is 2.71. The van der Waals surface area contributed by atoms with E-state index in [1.807, 2.05) is 42.5 Å². The molecule has 0 saturated heterocycles. The Balaban J connectivity index is 2.07. The molecule has 0 spiro atoms. The molecular weight excluding hydrogens is 390 g/mol. The van der Waals surface area contributed by atoms with Gasteiger partial charge in [-0.05, 0) is 29.8 Å². The molecule has 3 rings (SSSR count). The van der Waals surface area contributed by atoms with E-state index in [1.54, 1.807) is 24.1 Å². The SMILES string of the molecule is COC[C@H](C)C1=C[C@@H](C#C[Si](C)(C)C)N(C(=O)Oc2ccccc2)c2ccccc21. The predicted octanol–water partition coefficient (Wildman–Crippen LogP) is 5.62. The number of anilines is 1. The van der Waals surface area contributed by atoms with Gasteiger partial charge in [0.05, 0.1) is 12.3 Å². The van der Waals surface area contributed by atoms with Crippen molar-refractivity contribution in [3.8, 4) is 17.2 Å². The first kappa shape index (κ1) is 21.9. The maximum absolute atomic E-state index is 13.3. The van der Waals surface area contributed by atoms with Crippen molar-refractivity contribution in [2.24, 2.45) is 5.92 Å². The quantitative estimate of drug-likeness (QED) is 0.477. The first-order valence-electron chi connectivity index (χ1n) is 10.2. The minimum absolute atomic E-state index is 0.180. The van der Waals surface area contributed by atoms with E-state index >= 15 is 0 Å². The number of fused-ring (bicyclic) bond motifs is 1. The monoisotopic (exact) mass is 419 g/mol. The van der Waals surface area contributed by atoms with Gasteiger partial charge in [-0.25, -0.2) is 4.79 Å². The predicted molar refractivity (Wildman–Crippen MR) is 125 cm³/mol. The first-order valence-corrected chi connectivity index (χ1v) is 13.7. The molecule has 0 saturated carbocycles. The number of para-hydroxylation sites is 2. The highest BCUT2D eigenvalue weighted by Gasteiger charge is 2.33. The Morgan fingerprint density at radius 2 is 1.77 bits per heavy atom. The number of ether oxygens (including phenoxy) is 2. The number of benzene rings is 2. The Bertz CT molecular complexity index is 983. The second kappa shape index (κ2) is 9.33. The summed E-state index contributed by atoms with van der Waals surface area (Å²) < 4.78 is 11.1. The van der Waals surface area contributed by atoms with Crippen LogP contribution in [0.3, 0.4) is 0 Å². The zero-order valence-electron chi connectivity index (χ0n) is 18.3. The van der Waals surface area contributed by atoms with Gasteiger partial charge in [0.25, 0.3) is 0 Å². The number of hydrogen-bond acceptors (Lipinski definition) is 3. The molecule has 156 valence electrons. The molecule has 0 aliphatic carbocycles. The van der Waals surface area contributed by atoms with Gasteiger partial charge in [0.1, 0.15) is 19.9 Å². The van der Waals surface area contributed by atoms with Crippen LogP contribution in [-0.2, 0) is 4.74 Å². The van der Waals surface area contributed by atoms with Crippen LogP contribution in [0.25, 0.3) is 5.57 Å². The molecule has 30 heavy (non-hydrogen) atoms. The number of carbonyl (C=O) groups excluding carboxylic acids is 1. The molecule has 0 aromatic heterocycles. The highest BCUT2D eigenvalue weighted by molar-refractivity contribution is 6.83. The van der Waals surface area contributed by atoms with E-state index in [-0.39, 0.29) is 5.92 Å². The lowest BCUT2D eigenvalue weighted by Gasteiger charge is -2.34. The van der Waals surface area contributed by atoms with Crippen molar-refractivity contribution in [3.05, 3.63) is 66.2 Å². The lowest BCUT2D eigenvalue weighted by molar-refractivity contribution is 0.178. The second-order valence-corrected chi connectivity index (χ2v) is 13.3. The van der Waals surface area contributed by atoms with Crippen molar-refractivity contribution in [2.45, 2.75) is 32.6 Å². The summed E-state index contributed by atoms with van der Waals surface area (Å²) in [4.78, 5) is 14.9. The molecule has 0 N–H and O–H groups in total. The molecule has 5 heteroatoms. The van der Waals surface area contributed by atoms with Gasteiger partial charge >= 0.3 is 6.09 Å². The van der Waals surface area contributed by atoms with Gasteiger partial charge in [-0.2, -0.15) is 0 Å². The summed E-state index contributed by atoms with van der Waals surface area (Å²) in [6.07, 6.45) is 1.66. The van der Waals surface area contributed by atoms with Crippen LogP contribution in [-0.4, -0.2) is 33.9 Å². The van der Waals surface area contributed by atoms with Crippen molar-refractivity contribution in [1.29, 1.82) is 0 Å². The molecular formula is C25H29NO3Si. The maximum Gasteiger partial charge on any atom is 0.421 e. The minimum Gasteiger partial charge on any atom is -0.410 e. The zero-order chi connectivity index (χ0) is 21.7. The third-order valence-electron chi connectivity index (χ3n) is 4.78. The zero-order valence-corrected chi connectivity index (χ0v) is 19.3. The van der Waals surface area contributed by atoms with E-state index in [1.165, 1.54) is 0 Å². The van der Waals surface area contributed by atoms with Crippen LogP contribution in [0, 0.1) is 17.4 Å².